The average Bonchev–Trinajstić information content (AvgIpc) is 3.32. The van der Waals surface area contributed by atoms with Gasteiger partial charge in [-0.1, -0.05) is 12.1 Å². The number of H-pyrrole nitrogens is 1. The Balaban J connectivity index is 1.38. The number of halogens is 2. The highest BCUT2D eigenvalue weighted by Crippen LogP contribution is 2.35. The van der Waals surface area contributed by atoms with Crippen LogP contribution >= 0.6 is 0 Å². The molecule has 1 aliphatic rings. The Kier molecular flexibility index (Phi) is 6.91. The molecule has 0 unspecified atom stereocenters. The first-order valence-corrected chi connectivity index (χ1v) is 11.9. The smallest absolute Gasteiger partial charge is 0.229 e. The zero-order valence-electron chi connectivity index (χ0n) is 20.5. The minimum absolute atomic E-state index is 0.0453. The Hall–Kier alpha value is -4.19. The second-order valence-electron chi connectivity index (χ2n) is 8.75. The van der Waals surface area contributed by atoms with Crippen molar-refractivity contribution in [3.05, 3.63) is 64.6 Å². The second-order valence-corrected chi connectivity index (χ2v) is 8.75. The number of aromatic amines is 1. The lowest BCUT2D eigenvalue weighted by Crippen LogP contribution is -2.46. The number of anilines is 3. The number of benzene rings is 1. The third-order valence-electron chi connectivity index (χ3n) is 6.42. The van der Waals surface area contributed by atoms with Gasteiger partial charge in [0.25, 0.3) is 0 Å². The molecule has 1 aliphatic heterocycles. The van der Waals surface area contributed by atoms with Gasteiger partial charge in [-0.3, -0.25) is 0 Å². The largest absolute Gasteiger partial charge is 0.435 e. The Labute approximate surface area is 211 Å². The van der Waals surface area contributed by atoms with Crippen LogP contribution in [0.3, 0.4) is 0 Å². The van der Waals surface area contributed by atoms with Crippen LogP contribution in [0.5, 0.6) is 11.6 Å². The van der Waals surface area contributed by atoms with Crippen molar-refractivity contribution in [3.8, 4) is 11.6 Å². The summed E-state index contributed by atoms with van der Waals surface area (Å²) in [5.74, 6) is -1.22. The molecule has 0 saturated carbocycles. The molecule has 1 aromatic carbocycles. The second kappa shape index (κ2) is 10.4. The molecule has 2 N–H and O–H groups in total. The van der Waals surface area contributed by atoms with Gasteiger partial charge in [0.1, 0.15) is 24.5 Å². The van der Waals surface area contributed by atoms with E-state index in [9.17, 15) is 9.30 Å². The molecule has 0 atom stereocenters. The van der Waals surface area contributed by atoms with Crippen LogP contribution in [0.2, 0.25) is 0 Å². The van der Waals surface area contributed by atoms with Gasteiger partial charge in [-0.25, -0.2) is 23.7 Å². The fraction of sp³-hybridized carbons (Fsp3) is 0.320. The molecular formula is C25H26F2N8O2. The maximum absolute atomic E-state index is 15.1. The summed E-state index contributed by atoms with van der Waals surface area (Å²) in [4.78, 5) is 31.4. The van der Waals surface area contributed by atoms with Crippen LogP contribution in [0.1, 0.15) is 18.2 Å². The molecule has 4 aromatic rings. The molecule has 0 aliphatic carbocycles. The third kappa shape index (κ3) is 5.05. The molecule has 3 aromatic heterocycles. The molecule has 10 nitrogen and oxygen atoms in total. The van der Waals surface area contributed by atoms with Gasteiger partial charge in [0.2, 0.25) is 5.88 Å². The first-order valence-electron chi connectivity index (χ1n) is 11.9. The van der Waals surface area contributed by atoms with Gasteiger partial charge < -0.3 is 24.8 Å². The van der Waals surface area contributed by atoms with E-state index in [4.69, 9.17) is 4.74 Å². The highest BCUT2D eigenvalue weighted by Gasteiger charge is 2.21. The number of fused-ring (bicyclic) bond motifs is 1. The van der Waals surface area contributed by atoms with Crippen LogP contribution in [0, 0.1) is 23.5 Å². The summed E-state index contributed by atoms with van der Waals surface area (Å²) in [5.41, 5.74) is 1.84. The summed E-state index contributed by atoms with van der Waals surface area (Å²) in [6.45, 7) is 8.40. The van der Waals surface area contributed by atoms with E-state index < -0.39 is 11.6 Å². The van der Waals surface area contributed by atoms with E-state index in [1.807, 2.05) is 6.07 Å². The van der Waals surface area contributed by atoms with E-state index in [1.165, 1.54) is 12.4 Å². The number of nitrogens with one attached hydrogen (secondary N) is 2. The number of pyridine rings is 1. The molecule has 1 fully saturated rings. The van der Waals surface area contributed by atoms with Crippen LogP contribution in [0.25, 0.3) is 10.9 Å². The number of nitroso groups, excluding NO2 is 1. The van der Waals surface area contributed by atoms with Gasteiger partial charge in [-0.15, -0.1) is 0 Å². The number of rotatable bonds is 8. The quantitative estimate of drug-likeness (QED) is 0.324. The number of hydrogen-bond donors (Lipinski definition) is 2. The summed E-state index contributed by atoms with van der Waals surface area (Å²) < 4.78 is 35.3. The summed E-state index contributed by atoms with van der Waals surface area (Å²) >= 11 is 0. The molecule has 0 radical (unpaired) electrons. The van der Waals surface area contributed by atoms with Crippen molar-refractivity contribution in [1.82, 2.24) is 24.8 Å². The van der Waals surface area contributed by atoms with Gasteiger partial charge >= 0.3 is 0 Å². The highest BCUT2D eigenvalue weighted by atomic mass is 19.1. The predicted octanol–water partition coefficient (Wildman–Crippen LogP) is 4.88. The first-order chi connectivity index (χ1) is 18.0. The van der Waals surface area contributed by atoms with E-state index >= 15 is 4.39 Å². The molecule has 37 heavy (non-hydrogen) atoms. The highest BCUT2D eigenvalue weighted by molar-refractivity contribution is 5.83. The molecule has 1 saturated heterocycles. The standard InChI is InChI=1S/C25H26F2N8O2/c1-3-34-6-8-35(9-7-34)16-4-5-21(28-12-16)33-24-18(13-31-36)25(30-14-29-24)37-20-11-19(26)23-17(22(20)27)10-15(2)32-23/h4-5,10-12,14,32H,3,6-9,13H2,1-2H3,(H,28,29,30,33). The van der Waals surface area contributed by atoms with Crippen molar-refractivity contribution in [2.75, 3.05) is 42.9 Å². The van der Waals surface area contributed by atoms with Crippen molar-refractivity contribution in [1.29, 1.82) is 0 Å². The normalized spacial score (nSPS) is 14.2. The monoisotopic (exact) mass is 508 g/mol. The average molecular weight is 509 g/mol. The number of likely N-dealkylation sites (N-methyl/N-ethyl adjacent to an activating group) is 1. The van der Waals surface area contributed by atoms with Crippen molar-refractivity contribution < 1.29 is 13.5 Å². The number of piperazine rings is 1. The number of nitrogens with zero attached hydrogens (tertiary/aromatic N) is 6. The number of hydrogen-bond acceptors (Lipinski definition) is 9. The van der Waals surface area contributed by atoms with Crippen molar-refractivity contribution in [2.45, 2.75) is 20.4 Å². The third-order valence-corrected chi connectivity index (χ3v) is 6.42. The summed E-state index contributed by atoms with van der Waals surface area (Å²) in [6, 6.07) is 6.18. The van der Waals surface area contributed by atoms with E-state index in [2.05, 4.69) is 47.2 Å². The molecule has 5 rings (SSSR count). The molecule has 4 heterocycles. The van der Waals surface area contributed by atoms with Crippen LogP contribution in [-0.2, 0) is 6.54 Å². The van der Waals surface area contributed by atoms with Crippen molar-refractivity contribution in [3.63, 3.8) is 0 Å². The van der Waals surface area contributed by atoms with Gasteiger partial charge in [0.15, 0.2) is 17.4 Å². The van der Waals surface area contributed by atoms with E-state index in [0.717, 1.165) is 44.5 Å². The van der Waals surface area contributed by atoms with Crippen LogP contribution in [-0.4, -0.2) is 57.6 Å². The minimum atomic E-state index is -0.754. The molecule has 0 spiro atoms. The maximum Gasteiger partial charge on any atom is 0.229 e. The van der Waals surface area contributed by atoms with Crippen molar-refractivity contribution in [2.24, 2.45) is 5.18 Å². The van der Waals surface area contributed by atoms with E-state index in [0.29, 0.717) is 11.5 Å². The Morgan fingerprint density at radius 1 is 1.14 bits per heavy atom. The van der Waals surface area contributed by atoms with Crippen LogP contribution in [0.15, 0.2) is 42.0 Å². The fourth-order valence-electron chi connectivity index (χ4n) is 4.40. The molecule has 0 bridgehead atoms. The molecule has 192 valence electrons. The number of ether oxygens (including phenoxy) is 1. The zero-order valence-corrected chi connectivity index (χ0v) is 20.5. The fourth-order valence-corrected chi connectivity index (χ4v) is 4.40. The van der Waals surface area contributed by atoms with Crippen molar-refractivity contribution >= 4 is 28.2 Å². The topological polar surface area (TPSA) is 112 Å². The van der Waals surface area contributed by atoms with E-state index in [-0.39, 0.29) is 40.5 Å². The first kappa shape index (κ1) is 24.5. The minimum Gasteiger partial charge on any atom is -0.435 e. The number of aryl methyl sites for hydroxylation is 1. The van der Waals surface area contributed by atoms with E-state index in [1.54, 1.807) is 19.2 Å². The molecule has 0 amide bonds. The SMILES string of the molecule is CCN1CCN(c2ccc(Nc3ncnc(Oc4cc(F)c5[nH]c(C)cc5c4F)c3CN=O)nc2)CC1. The molecular weight excluding hydrogens is 482 g/mol. The zero-order chi connectivity index (χ0) is 25.9. The van der Waals surface area contributed by atoms with Gasteiger partial charge in [0, 0.05) is 43.3 Å². The lowest BCUT2D eigenvalue weighted by Gasteiger charge is -2.35. The lowest BCUT2D eigenvalue weighted by molar-refractivity contribution is 0.271. The Morgan fingerprint density at radius 3 is 2.65 bits per heavy atom. The Bertz CT molecular complexity index is 1420. The van der Waals surface area contributed by atoms with Crippen LogP contribution in [0.4, 0.5) is 26.1 Å². The predicted molar refractivity (Wildman–Crippen MR) is 136 cm³/mol. The Morgan fingerprint density at radius 2 is 1.95 bits per heavy atom. The van der Waals surface area contributed by atoms with Crippen LogP contribution < -0.4 is 15.0 Å². The van der Waals surface area contributed by atoms with Gasteiger partial charge in [0.05, 0.1) is 23.0 Å². The lowest BCUT2D eigenvalue weighted by atomic mass is 10.2. The number of aromatic nitrogens is 4. The summed E-state index contributed by atoms with van der Waals surface area (Å²) in [5, 5.41) is 6.04. The van der Waals surface area contributed by atoms with Gasteiger partial charge in [-0.05, 0) is 31.7 Å². The maximum atomic E-state index is 15.1. The summed E-state index contributed by atoms with van der Waals surface area (Å²) in [7, 11) is 0. The van der Waals surface area contributed by atoms with Gasteiger partial charge in [-0.2, -0.15) is 4.91 Å². The summed E-state index contributed by atoms with van der Waals surface area (Å²) in [6.07, 6.45) is 2.97. The molecule has 12 heteroatoms.